The average molecular weight is 291 g/mol. The van der Waals surface area contributed by atoms with E-state index in [0.717, 1.165) is 14.5 Å². The lowest BCUT2D eigenvalue weighted by Crippen LogP contribution is -2.40. The molecule has 0 unspecified atom stereocenters. The van der Waals surface area contributed by atoms with Gasteiger partial charge in [-0.3, -0.25) is 4.79 Å². The minimum Gasteiger partial charge on any atom is -0.378 e. The van der Waals surface area contributed by atoms with Crippen LogP contribution in [0.2, 0.25) is 0 Å². The van der Waals surface area contributed by atoms with Crippen molar-refractivity contribution in [1.29, 1.82) is 0 Å². The first-order valence-corrected chi connectivity index (χ1v) is 6.29. The molecule has 0 spiro atoms. The highest BCUT2D eigenvalue weighted by Crippen LogP contribution is 2.24. The first-order chi connectivity index (χ1) is 7.18. The predicted octanol–water partition coefficient (Wildman–Crippen LogP) is 1.69. The molecule has 1 saturated heterocycles. The van der Waals surface area contributed by atoms with Gasteiger partial charge in [-0.15, -0.1) is 11.3 Å². The maximum atomic E-state index is 12.1. The molecule has 0 radical (unpaired) electrons. The molecule has 15 heavy (non-hydrogen) atoms. The molecule has 0 N–H and O–H groups in total. The number of rotatable bonds is 1. The molecule has 1 fully saturated rings. The number of aromatic nitrogens is 1. The van der Waals surface area contributed by atoms with Gasteiger partial charge >= 0.3 is 0 Å². The molecule has 0 aromatic carbocycles. The van der Waals surface area contributed by atoms with Crippen molar-refractivity contribution in [3.63, 3.8) is 0 Å². The lowest BCUT2D eigenvalue weighted by Gasteiger charge is -2.26. The molecule has 1 aliphatic rings. The Bertz CT molecular complexity index is 374. The van der Waals surface area contributed by atoms with Crippen molar-refractivity contribution < 1.29 is 9.53 Å². The van der Waals surface area contributed by atoms with Crippen molar-refractivity contribution >= 4 is 33.2 Å². The number of morpholine rings is 1. The van der Waals surface area contributed by atoms with Gasteiger partial charge in [-0.1, -0.05) is 0 Å². The van der Waals surface area contributed by atoms with E-state index in [1.54, 1.807) is 0 Å². The molecule has 1 amide bonds. The maximum Gasteiger partial charge on any atom is 0.266 e. The van der Waals surface area contributed by atoms with Gasteiger partial charge in [0.15, 0.2) is 3.92 Å². The quantitative estimate of drug-likeness (QED) is 0.790. The van der Waals surface area contributed by atoms with Gasteiger partial charge in [0, 0.05) is 13.1 Å². The monoisotopic (exact) mass is 290 g/mol. The van der Waals surface area contributed by atoms with Gasteiger partial charge in [-0.25, -0.2) is 4.98 Å². The Morgan fingerprint density at radius 3 is 2.73 bits per heavy atom. The summed E-state index contributed by atoms with van der Waals surface area (Å²) in [4.78, 5) is 18.8. The van der Waals surface area contributed by atoms with E-state index in [2.05, 4.69) is 20.9 Å². The van der Waals surface area contributed by atoms with E-state index < -0.39 is 0 Å². The zero-order valence-corrected chi connectivity index (χ0v) is 10.7. The third-order valence-electron chi connectivity index (χ3n) is 2.26. The van der Waals surface area contributed by atoms with Crippen LogP contribution < -0.4 is 0 Å². The first-order valence-electron chi connectivity index (χ1n) is 4.68. The molecular formula is C9H11BrN2O2S. The van der Waals surface area contributed by atoms with E-state index in [-0.39, 0.29) is 5.91 Å². The average Bonchev–Trinajstić information content (AvgIpc) is 2.58. The van der Waals surface area contributed by atoms with Crippen molar-refractivity contribution in [1.82, 2.24) is 9.88 Å². The van der Waals surface area contributed by atoms with Crippen molar-refractivity contribution in [3.8, 4) is 0 Å². The SMILES string of the molecule is Cc1nc(Br)sc1C(=O)N1CCOCC1. The van der Waals surface area contributed by atoms with Gasteiger partial charge < -0.3 is 9.64 Å². The van der Waals surface area contributed by atoms with Crippen LogP contribution >= 0.6 is 27.3 Å². The number of amides is 1. The van der Waals surface area contributed by atoms with E-state index in [4.69, 9.17) is 4.74 Å². The van der Waals surface area contributed by atoms with Crippen molar-refractivity contribution in [2.24, 2.45) is 0 Å². The molecule has 82 valence electrons. The lowest BCUT2D eigenvalue weighted by atomic mass is 10.3. The highest BCUT2D eigenvalue weighted by molar-refractivity contribution is 9.11. The minimum absolute atomic E-state index is 0.0685. The molecule has 6 heteroatoms. The third kappa shape index (κ3) is 2.38. The Hall–Kier alpha value is -0.460. The second kappa shape index (κ2) is 4.59. The van der Waals surface area contributed by atoms with E-state index in [0.29, 0.717) is 26.3 Å². The van der Waals surface area contributed by atoms with Gasteiger partial charge in [-0.05, 0) is 22.9 Å². The molecule has 1 aliphatic heterocycles. The van der Waals surface area contributed by atoms with Crippen LogP contribution in [0.1, 0.15) is 15.4 Å². The number of ether oxygens (including phenoxy) is 1. The largest absolute Gasteiger partial charge is 0.378 e. The Kier molecular flexibility index (Phi) is 3.38. The fraction of sp³-hybridized carbons (Fsp3) is 0.556. The minimum atomic E-state index is 0.0685. The second-order valence-electron chi connectivity index (χ2n) is 3.29. The molecule has 2 rings (SSSR count). The smallest absolute Gasteiger partial charge is 0.266 e. The molecular weight excluding hydrogens is 280 g/mol. The fourth-order valence-corrected chi connectivity index (χ4v) is 2.98. The van der Waals surface area contributed by atoms with Crippen LogP contribution in [0.5, 0.6) is 0 Å². The standard InChI is InChI=1S/C9H11BrN2O2S/c1-6-7(15-9(10)11-6)8(13)12-2-4-14-5-3-12/h2-5H2,1H3. The Balaban J connectivity index is 2.16. The molecule has 2 heterocycles. The van der Waals surface area contributed by atoms with Crippen LogP contribution in [-0.2, 0) is 4.74 Å². The summed E-state index contributed by atoms with van der Waals surface area (Å²) in [6.45, 7) is 4.46. The number of hydrogen-bond donors (Lipinski definition) is 0. The van der Waals surface area contributed by atoms with Crippen molar-refractivity contribution in [3.05, 3.63) is 14.5 Å². The van der Waals surface area contributed by atoms with Crippen LogP contribution in [0.4, 0.5) is 0 Å². The van der Waals surface area contributed by atoms with E-state index in [1.165, 1.54) is 11.3 Å². The highest BCUT2D eigenvalue weighted by atomic mass is 79.9. The van der Waals surface area contributed by atoms with Gasteiger partial charge in [0.1, 0.15) is 4.88 Å². The van der Waals surface area contributed by atoms with Gasteiger partial charge in [0.05, 0.1) is 18.9 Å². The fourth-order valence-electron chi connectivity index (χ4n) is 1.47. The van der Waals surface area contributed by atoms with Crippen LogP contribution in [0.15, 0.2) is 3.92 Å². The summed E-state index contributed by atoms with van der Waals surface area (Å²) in [7, 11) is 0. The molecule has 0 atom stereocenters. The maximum absolute atomic E-state index is 12.1. The summed E-state index contributed by atoms with van der Waals surface area (Å²) in [5.41, 5.74) is 0.795. The number of hydrogen-bond acceptors (Lipinski definition) is 4. The molecule has 1 aromatic heterocycles. The number of nitrogens with zero attached hydrogens (tertiary/aromatic N) is 2. The summed E-state index contributed by atoms with van der Waals surface area (Å²) in [5, 5.41) is 0. The summed E-state index contributed by atoms with van der Waals surface area (Å²) < 4.78 is 5.97. The van der Waals surface area contributed by atoms with E-state index in [9.17, 15) is 4.79 Å². The van der Waals surface area contributed by atoms with Gasteiger partial charge in [0.2, 0.25) is 0 Å². The normalized spacial score (nSPS) is 16.8. The molecule has 4 nitrogen and oxygen atoms in total. The second-order valence-corrected chi connectivity index (χ2v) is 5.56. The van der Waals surface area contributed by atoms with E-state index >= 15 is 0 Å². The van der Waals surface area contributed by atoms with Crippen LogP contribution in [0, 0.1) is 6.92 Å². The molecule has 1 aromatic rings. The molecule has 0 bridgehead atoms. The Labute approximate surface area is 100 Å². The van der Waals surface area contributed by atoms with Crippen molar-refractivity contribution in [2.45, 2.75) is 6.92 Å². The number of carbonyl (C=O) groups is 1. The zero-order chi connectivity index (χ0) is 10.8. The summed E-state index contributed by atoms with van der Waals surface area (Å²) in [6, 6.07) is 0. The topological polar surface area (TPSA) is 42.4 Å². The number of carbonyl (C=O) groups excluding carboxylic acids is 1. The summed E-state index contributed by atoms with van der Waals surface area (Å²) >= 11 is 4.68. The van der Waals surface area contributed by atoms with Crippen LogP contribution in [-0.4, -0.2) is 42.1 Å². The summed E-state index contributed by atoms with van der Waals surface area (Å²) in [6.07, 6.45) is 0. The predicted molar refractivity (Wildman–Crippen MR) is 61.3 cm³/mol. The third-order valence-corrected chi connectivity index (χ3v) is 3.86. The van der Waals surface area contributed by atoms with Crippen molar-refractivity contribution in [2.75, 3.05) is 26.3 Å². The molecule has 0 saturated carbocycles. The van der Waals surface area contributed by atoms with Gasteiger partial charge in [-0.2, -0.15) is 0 Å². The van der Waals surface area contributed by atoms with Crippen LogP contribution in [0.25, 0.3) is 0 Å². The number of halogens is 1. The lowest BCUT2D eigenvalue weighted by molar-refractivity contribution is 0.0305. The highest BCUT2D eigenvalue weighted by Gasteiger charge is 2.22. The Morgan fingerprint density at radius 2 is 2.20 bits per heavy atom. The number of aryl methyl sites for hydroxylation is 1. The Morgan fingerprint density at radius 1 is 1.53 bits per heavy atom. The summed E-state index contributed by atoms with van der Waals surface area (Å²) in [5.74, 6) is 0.0685. The first kappa shape index (κ1) is 11.0. The van der Waals surface area contributed by atoms with E-state index in [1.807, 2.05) is 11.8 Å². The van der Waals surface area contributed by atoms with Crippen LogP contribution in [0.3, 0.4) is 0 Å². The zero-order valence-electron chi connectivity index (χ0n) is 8.33. The van der Waals surface area contributed by atoms with Gasteiger partial charge in [0.25, 0.3) is 5.91 Å². The number of thiazole rings is 1. The molecule has 0 aliphatic carbocycles.